The van der Waals surface area contributed by atoms with E-state index < -0.39 is 11.8 Å². The predicted octanol–water partition coefficient (Wildman–Crippen LogP) is 3.35. The standard InChI is InChI=1S/C26H26ClN5O4S/c1-2-5-21(27)37-17-22(33)29-20-7-3-6-19-24(20)26(36)32(25(19)35)16-23(34)31-13-4-12-30(14-15-31)18-8-10-28-11-9-18/h2-3,5-11H,1,4,12-17H2,(H,29,33)/b21-5-. The first-order valence-electron chi connectivity index (χ1n) is 11.7. The molecule has 37 heavy (non-hydrogen) atoms. The zero-order valence-electron chi connectivity index (χ0n) is 20.1. The first-order valence-corrected chi connectivity index (χ1v) is 13.1. The average molecular weight is 540 g/mol. The first kappa shape index (κ1) is 26.4. The number of imide groups is 1. The summed E-state index contributed by atoms with van der Waals surface area (Å²) in [5, 5.41) is 2.68. The van der Waals surface area contributed by atoms with Crippen LogP contribution in [0.15, 0.2) is 65.8 Å². The number of fused-ring (bicyclic) bond motifs is 1. The van der Waals surface area contributed by atoms with Crippen molar-refractivity contribution in [3.8, 4) is 0 Å². The highest BCUT2D eigenvalue weighted by Crippen LogP contribution is 2.30. The number of hydrogen-bond donors (Lipinski definition) is 1. The fourth-order valence-electron chi connectivity index (χ4n) is 4.26. The van der Waals surface area contributed by atoms with Gasteiger partial charge in [-0.3, -0.25) is 29.1 Å². The molecule has 0 bridgehead atoms. The highest BCUT2D eigenvalue weighted by Gasteiger charge is 2.39. The van der Waals surface area contributed by atoms with E-state index >= 15 is 0 Å². The molecule has 0 saturated carbocycles. The molecule has 9 nitrogen and oxygen atoms in total. The number of benzene rings is 1. The van der Waals surface area contributed by atoms with Gasteiger partial charge in [-0.25, -0.2) is 0 Å². The van der Waals surface area contributed by atoms with Gasteiger partial charge < -0.3 is 15.1 Å². The monoisotopic (exact) mass is 539 g/mol. The molecule has 0 aliphatic carbocycles. The van der Waals surface area contributed by atoms with Gasteiger partial charge in [0.15, 0.2) is 0 Å². The van der Waals surface area contributed by atoms with Crippen molar-refractivity contribution in [2.75, 3.05) is 48.7 Å². The number of amides is 4. The third-order valence-electron chi connectivity index (χ3n) is 6.03. The molecule has 2 aromatic rings. The molecule has 1 N–H and O–H groups in total. The van der Waals surface area contributed by atoms with Crippen molar-refractivity contribution in [2.45, 2.75) is 6.42 Å². The van der Waals surface area contributed by atoms with Crippen LogP contribution >= 0.6 is 23.4 Å². The fraction of sp³-hybridized carbons (Fsp3) is 0.269. The number of aromatic nitrogens is 1. The van der Waals surface area contributed by atoms with E-state index in [4.69, 9.17) is 11.6 Å². The lowest BCUT2D eigenvalue weighted by Crippen LogP contribution is -2.44. The normalized spacial score (nSPS) is 15.9. The molecular weight excluding hydrogens is 514 g/mol. The van der Waals surface area contributed by atoms with Crippen LogP contribution < -0.4 is 10.2 Å². The van der Waals surface area contributed by atoms with E-state index in [0.29, 0.717) is 24.0 Å². The summed E-state index contributed by atoms with van der Waals surface area (Å²) in [6.07, 6.45) is 7.31. The van der Waals surface area contributed by atoms with Gasteiger partial charge in [-0.2, -0.15) is 0 Å². The summed E-state index contributed by atoms with van der Waals surface area (Å²) in [5.74, 6) is -1.81. The molecular formula is C26H26ClN5O4S. The van der Waals surface area contributed by atoms with Gasteiger partial charge in [0.05, 0.1) is 26.9 Å². The number of carbonyl (C=O) groups excluding carboxylic acids is 4. The summed E-state index contributed by atoms with van der Waals surface area (Å²) in [5.41, 5.74) is 1.51. The van der Waals surface area contributed by atoms with Crippen molar-refractivity contribution in [3.05, 3.63) is 76.9 Å². The number of nitrogens with one attached hydrogen (secondary N) is 1. The molecule has 2 aliphatic heterocycles. The number of hydrogen-bond acceptors (Lipinski definition) is 7. The van der Waals surface area contributed by atoms with Gasteiger partial charge in [-0.15, -0.1) is 11.8 Å². The summed E-state index contributed by atoms with van der Waals surface area (Å²) in [7, 11) is 0. The molecule has 4 amide bonds. The third kappa shape index (κ3) is 6.20. The number of carbonyl (C=O) groups is 4. The van der Waals surface area contributed by atoms with E-state index in [0.717, 1.165) is 35.3 Å². The van der Waals surface area contributed by atoms with E-state index in [2.05, 4.69) is 21.8 Å². The summed E-state index contributed by atoms with van der Waals surface area (Å²) < 4.78 is 0.400. The SMILES string of the molecule is C=C/C=C(/Cl)SCC(=O)Nc1cccc2c1C(=O)N(CC(=O)N1CCCN(c3ccncc3)CC1)C2=O. The van der Waals surface area contributed by atoms with E-state index in [1.165, 1.54) is 12.1 Å². The third-order valence-corrected chi connectivity index (χ3v) is 7.30. The lowest BCUT2D eigenvalue weighted by molar-refractivity contribution is -0.131. The molecule has 4 rings (SSSR count). The Morgan fingerprint density at radius 1 is 1.08 bits per heavy atom. The van der Waals surface area contributed by atoms with Crippen LogP contribution in [0.3, 0.4) is 0 Å². The Bertz CT molecular complexity index is 1250. The second-order valence-electron chi connectivity index (χ2n) is 8.39. The van der Waals surface area contributed by atoms with Crippen LogP contribution in [0.4, 0.5) is 11.4 Å². The van der Waals surface area contributed by atoms with Gasteiger partial charge in [0.25, 0.3) is 11.8 Å². The van der Waals surface area contributed by atoms with Crippen molar-refractivity contribution in [1.29, 1.82) is 0 Å². The summed E-state index contributed by atoms with van der Waals surface area (Å²) in [4.78, 5) is 60.6. The molecule has 1 fully saturated rings. The number of halogens is 1. The molecule has 1 aromatic carbocycles. The smallest absolute Gasteiger partial charge is 0.264 e. The largest absolute Gasteiger partial charge is 0.370 e. The Kier molecular flexibility index (Phi) is 8.62. The molecule has 2 aliphatic rings. The number of nitrogens with zero attached hydrogens (tertiary/aromatic N) is 4. The van der Waals surface area contributed by atoms with E-state index in [1.807, 2.05) is 12.1 Å². The first-order chi connectivity index (χ1) is 17.9. The quantitative estimate of drug-likeness (QED) is 0.405. The summed E-state index contributed by atoms with van der Waals surface area (Å²) >= 11 is 7.08. The van der Waals surface area contributed by atoms with Gasteiger partial charge in [0.2, 0.25) is 11.8 Å². The molecule has 0 spiro atoms. The van der Waals surface area contributed by atoms with Gasteiger partial charge >= 0.3 is 0 Å². The number of allylic oxidation sites excluding steroid dienone is 2. The average Bonchev–Trinajstić information content (AvgIpc) is 3.06. The van der Waals surface area contributed by atoms with Crippen molar-refractivity contribution in [3.63, 3.8) is 0 Å². The predicted molar refractivity (Wildman–Crippen MR) is 145 cm³/mol. The molecule has 11 heteroatoms. The zero-order valence-corrected chi connectivity index (χ0v) is 21.6. The number of rotatable bonds is 8. The minimum absolute atomic E-state index is 0.0165. The van der Waals surface area contributed by atoms with Crippen LogP contribution in [-0.4, -0.2) is 76.9 Å². The van der Waals surface area contributed by atoms with Crippen molar-refractivity contribution in [2.24, 2.45) is 0 Å². The summed E-state index contributed by atoms with van der Waals surface area (Å²) in [6.45, 7) is 5.63. The fourth-order valence-corrected chi connectivity index (χ4v) is 5.04. The maximum Gasteiger partial charge on any atom is 0.264 e. The lowest BCUT2D eigenvalue weighted by atomic mass is 10.1. The summed E-state index contributed by atoms with van der Waals surface area (Å²) in [6, 6.07) is 8.52. The highest BCUT2D eigenvalue weighted by atomic mass is 35.5. The van der Waals surface area contributed by atoms with Gasteiger partial charge in [0, 0.05) is 44.3 Å². The Balaban J connectivity index is 1.40. The van der Waals surface area contributed by atoms with E-state index in [-0.39, 0.29) is 40.9 Å². The number of thioether (sulfide) groups is 1. The lowest BCUT2D eigenvalue weighted by Gasteiger charge is -2.24. The maximum absolute atomic E-state index is 13.2. The molecule has 1 aromatic heterocycles. The Labute approximate surface area is 224 Å². The molecule has 0 radical (unpaired) electrons. The second-order valence-corrected chi connectivity index (χ2v) is 10.0. The maximum atomic E-state index is 13.2. The van der Waals surface area contributed by atoms with Crippen molar-refractivity contribution in [1.82, 2.24) is 14.8 Å². The van der Waals surface area contributed by atoms with Gasteiger partial charge in [0.1, 0.15) is 6.54 Å². The van der Waals surface area contributed by atoms with Crippen LogP contribution in [0, 0.1) is 0 Å². The van der Waals surface area contributed by atoms with Crippen LogP contribution in [0.2, 0.25) is 0 Å². The van der Waals surface area contributed by atoms with Crippen LogP contribution in [0.1, 0.15) is 27.1 Å². The Hall–Kier alpha value is -3.63. The minimum Gasteiger partial charge on any atom is -0.370 e. The number of anilines is 2. The molecule has 1 saturated heterocycles. The van der Waals surface area contributed by atoms with Gasteiger partial charge in [-0.05, 0) is 36.8 Å². The minimum atomic E-state index is -0.602. The molecule has 0 atom stereocenters. The van der Waals surface area contributed by atoms with Crippen LogP contribution in [0.25, 0.3) is 0 Å². The van der Waals surface area contributed by atoms with Gasteiger partial charge in [-0.1, -0.05) is 30.3 Å². The number of pyridine rings is 1. The van der Waals surface area contributed by atoms with Crippen molar-refractivity contribution < 1.29 is 19.2 Å². The second kappa shape index (κ2) is 12.1. The Morgan fingerprint density at radius 3 is 2.62 bits per heavy atom. The molecule has 0 unspecified atom stereocenters. The van der Waals surface area contributed by atoms with E-state index in [9.17, 15) is 19.2 Å². The van der Waals surface area contributed by atoms with Crippen LogP contribution in [0.5, 0.6) is 0 Å². The molecule has 3 heterocycles. The zero-order chi connectivity index (χ0) is 26.4. The van der Waals surface area contributed by atoms with E-state index in [1.54, 1.807) is 35.5 Å². The topological polar surface area (TPSA) is 103 Å². The molecule has 192 valence electrons. The highest BCUT2D eigenvalue weighted by molar-refractivity contribution is 8.05. The Morgan fingerprint density at radius 2 is 1.86 bits per heavy atom. The van der Waals surface area contributed by atoms with Crippen molar-refractivity contribution >= 4 is 58.4 Å². The van der Waals surface area contributed by atoms with Crippen LogP contribution in [-0.2, 0) is 9.59 Å².